The van der Waals surface area contributed by atoms with Crippen LogP contribution in [0.4, 0.5) is 13.2 Å². The van der Waals surface area contributed by atoms with E-state index in [1.165, 1.54) is 12.1 Å². The molecule has 0 aromatic heterocycles. The Hall–Kier alpha value is -3.47. The van der Waals surface area contributed by atoms with Crippen LogP contribution in [0.1, 0.15) is 22.3 Å². The van der Waals surface area contributed by atoms with E-state index in [-0.39, 0.29) is 30.9 Å². The van der Waals surface area contributed by atoms with Gasteiger partial charge in [0.2, 0.25) is 12.7 Å². The third kappa shape index (κ3) is 6.28. The fraction of sp³-hybridized carbons (Fsp3) is 0.364. The molecule has 1 atom stereocenters. The van der Waals surface area contributed by atoms with Gasteiger partial charge in [0.15, 0.2) is 11.5 Å². The summed E-state index contributed by atoms with van der Waals surface area (Å²) in [6, 6.07) is 10.4. The first kappa shape index (κ1) is 22.7. The summed E-state index contributed by atoms with van der Waals surface area (Å²) in [4.78, 5) is 26.6. The van der Waals surface area contributed by atoms with Crippen LogP contribution in [0.3, 0.4) is 0 Å². The third-order valence-corrected chi connectivity index (χ3v) is 5.22. The molecular formula is C22H22F3N3O5. The molecule has 2 heterocycles. The second-order valence-electron chi connectivity index (χ2n) is 7.73. The highest BCUT2D eigenvalue weighted by molar-refractivity contribution is 5.96. The number of ether oxygens (including phenoxy) is 3. The van der Waals surface area contributed by atoms with Crippen molar-refractivity contribution < 1.29 is 37.0 Å². The van der Waals surface area contributed by atoms with Gasteiger partial charge < -0.3 is 24.8 Å². The highest BCUT2D eigenvalue weighted by Crippen LogP contribution is 2.33. The van der Waals surface area contributed by atoms with Crippen LogP contribution in [-0.4, -0.2) is 55.5 Å². The number of halogens is 3. The van der Waals surface area contributed by atoms with Gasteiger partial charge in [-0.15, -0.1) is 13.2 Å². The third-order valence-electron chi connectivity index (χ3n) is 5.22. The maximum Gasteiger partial charge on any atom is 0.573 e. The van der Waals surface area contributed by atoms with Gasteiger partial charge >= 0.3 is 6.36 Å². The molecule has 0 unspecified atom stereocenters. The summed E-state index contributed by atoms with van der Waals surface area (Å²) in [7, 11) is 0. The Bertz CT molecular complexity index is 1030. The minimum absolute atomic E-state index is 0.0414. The minimum Gasteiger partial charge on any atom is -0.454 e. The minimum atomic E-state index is -4.85. The molecule has 2 amide bonds. The highest BCUT2D eigenvalue weighted by atomic mass is 19.4. The van der Waals surface area contributed by atoms with Crippen molar-refractivity contribution in [2.75, 3.05) is 26.4 Å². The Labute approximate surface area is 187 Å². The van der Waals surface area contributed by atoms with Gasteiger partial charge in [0, 0.05) is 31.2 Å². The molecule has 0 aliphatic carbocycles. The standard InChI is InChI=1S/C22H22F3N3O5/c23-22(24,25)33-17-3-1-2-15(9-17)21(30)26-10-20(29)27-16-6-7-28(12-16)11-14-4-5-18-19(8-14)32-13-31-18/h1-5,8-9,16H,6-7,10-13H2,(H,26,30)(H,27,29)/t16-/m1/s1. The van der Waals surface area contributed by atoms with E-state index in [0.717, 1.165) is 42.2 Å². The molecule has 2 N–H and O–H groups in total. The predicted octanol–water partition coefficient (Wildman–Crippen LogP) is 2.43. The van der Waals surface area contributed by atoms with Crippen molar-refractivity contribution in [3.63, 3.8) is 0 Å². The van der Waals surface area contributed by atoms with Crippen molar-refractivity contribution in [2.24, 2.45) is 0 Å². The summed E-state index contributed by atoms with van der Waals surface area (Å²) in [5.74, 6) is -0.0996. The molecule has 176 valence electrons. The lowest BCUT2D eigenvalue weighted by atomic mass is 10.2. The number of hydrogen-bond acceptors (Lipinski definition) is 6. The topological polar surface area (TPSA) is 89.1 Å². The molecule has 2 aromatic carbocycles. The summed E-state index contributed by atoms with van der Waals surface area (Å²) in [6.07, 6.45) is -4.09. The van der Waals surface area contributed by atoms with Crippen LogP contribution in [0.2, 0.25) is 0 Å². The van der Waals surface area contributed by atoms with Crippen molar-refractivity contribution in [2.45, 2.75) is 25.4 Å². The van der Waals surface area contributed by atoms with Crippen molar-refractivity contribution in [1.29, 1.82) is 0 Å². The Kier molecular flexibility index (Phi) is 6.59. The van der Waals surface area contributed by atoms with Crippen molar-refractivity contribution in [3.05, 3.63) is 53.6 Å². The zero-order valence-corrected chi connectivity index (χ0v) is 17.5. The van der Waals surface area contributed by atoms with Crippen molar-refractivity contribution in [3.8, 4) is 17.2 Å². The smallest absolute Gasteiger partial charge is 0.454 e. The zero-order valence-electron chi connectivity index (χ0n) is 17.5. The Morgan fingerprint density at radius 3 is 2.76 bits per heavy atom. The first-order valence-electron chi connectivity index (χ1n) is 10.3. The maximum atomic E-state index is 12.3. The van der Waals surface area contributed by atoms with Gasteiger partial charge in [-0.25, -0.2) is 0 Å². The SMILES string of the molecule is O=C(CNC(=O)c1cccc(OC(F)(F)F)c1)N[C@@H]1CCN(Cc2ccc3c(c2)OCO3)C1. The molecule has 0 spiro atoms. The van der Waals surface area contributed by atoms with E-state index in [2.05, 4.69) is 20.3 Å². The summed E-state index contributed by atoms with van der Waals surface area (Å²) in [5, 5.41) is 5.28. The molecule has 0 bridgehead atoms. The van der Waals surface area contributed by atoms with E-state index in [0.29, 0.717) is 13.1 Å². The van der Waals surface area contributed by atoms with Gasteiger partial charge in [0.1, 0.15) is 5.75 Å². The fourth-order valence-corrected chi connectivity index (χ4v) is 3.77. The Morgan fingerprint density at radius 1 is 1.12 bits per heavy atom. The number of nitrogens with one attached hydrogen (secondary N) is 2. The Morgan fingerprint density at radius 2 is 1.94 bits per heavy atom. The normalized spacial score (nSPS) is 17.6. The van der Waals surface area contributed by atoms with Crippen molar-refractivity contribution >= 4 is 11.8 Å². The van der Waals surface area contributed by atoms with Crippen LogP contribution in [0.15, 0.2) is 42.5 Å². The first-order valence-corrected chi connectivity index (χ1v) is 10.3. The number of rotatable bonds is 7. The lowest BCUT2D eigenvalue weighted by Crippen LogP contribution is -2.43. The molecule has 1 saturated heterocycles. The molecule has 33 heavy (non-hydrogen) atoms. The summed E-state index contributed by atoms with van der Waals surface area (Å²) in [5.41, 5.74) is 1.04. The fourth-order valence-electron chi connectivity index (χ4n) is 3.77. The molecule has 2 aliphatic heterocycles. The maximum absolute atomic E-state index is 12.3. The molecule has 2 aromatic rings. The quantitative estimate of drug-likeness (QED) is 0.653. The Balaban J connectivity index is 1.21. The summed E-state index contributed by atoms with van der Waals surface area (Å²) in [6.45, 7) is 2.10. The molecular weight excluding hydrogens is 443 g/mol. The average Bonchev–Trinajstić information content (AvgIpc) is 3.40. The second-order valence-corrected chi connectivity index (χ2v) is 7.73. The lowest BCUT2D eigenvalue weighted by molar-refractivity contribution is -0.274. The number of nitrogens with zero attached hydrogens (tertiary/aromatic N) is 1. The lowest BCUT2D eigenvalue weighted by Gasteiger charge is -2.17. The number of alkyl halides is 3. The molecule has 1 fully saturated rings. The largest absolute Gasteiger partial charge is 0.573 e. The van der Waals surface area contributed by atoms with Crippen LogP contribution < -0.4 is 24.8 Å². The molecule has 2 aliphatic rings. The van der Waals surface area contributed by atoms with E-state index < -0.39 is 18.0 Å². The zero-order chi connectivity index (χ0) is 23.4. The summed E-state index contributed by atoms with van der Waals surface area (Å²) < 4.78 is 51.5. The number of hydrogen-bond donors (Lipinski definition) is 2. The predicted molar refractivity (Wildman–Crippen MR) is 110 cm³/mol. The van der Waals surface area contributed by atoms with E-state index in [9.17, 15) is 22.8 Å². The van der Waals surface area contributed by atoms with E-state index >= 15 is 0 Å². The summed E-state index contributed by atoms with van der Waals surface area (Å²) >= 11 is 0. The molecule has 0 saturated carbocycles. The van der Waals surface area contributed by atoms with Crippen molar-refractivity contribution in [1.82, 2.24) is 15.5 Å². The van der Waals surface area contributed by atoms with Gasteiger partial charge in [-0.1, -0.05) is 12.1 Å². The van der Waals surface area contributed by atoms with E-state index in [1.54, 1.807) is 0 Å². The van der Waals surface area contributed by atoms with Crippen LogP contribution in [0, 0.1) is 0 Å². The first-order chi connectivity index (χ1) is 15.7. The molecule has 11 heteroatoms. The van der Waals surface area contributed by atoms with Crippen LogP contribution in [-0.2, 0) is 11.3 Å². The van der Waals surface area contributed by atoms with Crippen LogP contribution in [0.25, 0.3) is 0 Å². The monoisotopic (exact) mass is 465 g/mol. The number of fused-ring (bicyclic) bond motifs is 1. The van der Waals surface area contributed by atoms with Gasteiger partial charge in [-0.3, -0.25) is 14.5 Å². The number of carbonyl (C=O) groups is 2. The average molecular weight is 465 g/mol. The number of carbonyl (C=O) groups excluding carboxylic acids is 2. The van der Waals surface area contributed by atoms with Gasteiger partial charge in [0.05, 0.1) is 6.54 Å². The van der Waals surface area contributed by atoms with Crippen LogP contribution >= 0.6 is 0 Å². The molecule has 0 radical (unpaired) electrons. The van der Waals surface area contributed by atoms with E-state index in [1.807, 2.05) is 18.2 Å². The van der Waals surface area contributed by atoms with Gasteiger partial charge in [0.25, 0.3) is 5.91 Å². The van der Waals surface area contributed by atoms with Gasteiger partial charge in [-0.05, 0) is 42.3 Å². The number of benzene rings is 2. The van der Waals surface area contributed by atoms with E-state index in [4.69, 9.17) is 9.47 Å². The second kappa shape index (κ2) is 9.57. The molecule has 4 rings (SSSR count). The number of amides is 2. The number of likely N-dealkylation sites (tertiary alicyclic amines) is 1. The molecule has 8 nitrogen and oxygen atoms in total. The van der Waals surface area contributed by atoms with Crippen LogP contribution in [0.5, 0.6) is 17.2 Å². The van der Waals surface area contributed by atoms with Gasteiger partial charge in [-0.2, -0.15) is 0 Å². The highest BCUT2D eigenvalue weighted by Gasteiger charge is 2.31.